The fraction of sp³-hybridized carbons (Fsp3) is 1.00. The largest absolute Gasteiger partial charge is 0.313 e. The maximum atomic E-state index is 12.3. The van der Waals surface area contributed by atoms with Crippen molar-refractivity contribution in [3.05, 3.63) is 0 Å². The Kier molecular flexibility index (Phi) is 4.30. The third kappa shape index (κ3) is 2.93. The minimum absolute atomic E-state index is 0.418. The highest BCUT2D eigenvalue weighted by Gasteiger charge is 2.40. The van der Waals surface area contributed by atoms with Crippen molar-refractivity contribution in [3.8, 4) is 0 Å². The van der Waals surface area contributed by atoms with Crippen LogP contribution in [0.3, 0.4) is 0 Å². The van der Waals surface area contributed by atoms with Gasteiger partial charge in [-0.3, -0.25) is 4.21 Å². The lowest BCUT2D eigenvalue weighted by molar-refractivity contribution is 0.141. The van der Waals surface area contributed by atoms with E-state index in [1.54, 1.807) is 0 Å². The van der Waals surface area contributed by atoms with E-state index in [-0.39, 0.29) is 0 Å². The van der Waals surface area contributed by atoms with Gasteiger partial charge in [0, 0.05) is 22.6 Å². The summed E-state index contributed by atoms with van der Waals surface area (Å²) in [6.07, 6.45) is 6.03. The second kappa shape index (κ2) is 5.40. The molecule has 0 spiro atoms. The molecule has 1 N–H and O–H groups in total. The summed E-state index contributed by atoms with van der Waals surface area (Å²) in [5.41, 5.74) is 0.418. The molecule has 1 saturated carbocycles. The molecule has 1 aliphatic carbocycles. The zero-order chi connectivity index (χ0) is 12.5. The number of nitrogens with one attached hydrogen (secondary N) is 1. The lowest BCUT2D eigenvalue weighted by Gasteiger charge is -2.42. The molecule has 17 heavy (non-hydrogen) atoms. The summed E-state index contributed by atoms with van der Waals surface area (Å²) >= 11 is 0. The Bertz CT molecular complexity index is 290. The maximum absolute atomic E-state index is 12.3. The highest BCUT2D eigenvalue weighted by Crippen LogP contribution is 2.42. The van der Waals surface area contributed by atoms with Crippen LogP contribution >= 0.6 is 0 Å². The molecule has 0 aromatic carbocycles. The maximum Gasteiger partial charge on any atom is 0.0504 e. The lowest BCUT2D eigenvalue weighted by atomic mass is 9.68. The van der Waals surface area contributed by atoms with Crippen LogP contribution in [0.1, 0.15) is 52.9 Å². The van der Waals surface area contributed by atoms with Gasteiger partial charge < -0.3 is 5.32 Å². The summed E-state index contributed by atoms with van der Waals surface area (Å²) in [5, 5.41) is 4.03. The summed E-state index contributed by atoms with van der Waals surface area (Å²) < 4.78 is 12.3. The van der Waals surface area contributed by atoms with Crippen molar-refractivity contribution in [2.24, 2.45) is 11.3 Å². The normalized spacial score (nSPS) is 39.5. The van der Waals surface area contributed by atoms with E-state index in [0.29, 0.717) is 16.7 Å². The van der Waals surface area contributed by atoms with Crippen LogP contribution in [0.15, 0.2) is 0 Å². The number of fused-ring (bicyclic) bond motifs is 1. The van der Waals surface area contributed by atoms with Gasteiger partial charge in [0.15, 0.2) is 0 Å². The van der Waals surface area contributed by atoms with E-state index in [4.69, 9.17) is 0 Å². The Hall–Kier alpha value is 0.110. The smallest absolute Gasteiger partial charge is 0.0504 e. The van der Waals surface area contributed by atoms with Crippen LogP contribution in [0.25, 0.3) is 0 Å². The van der Waals surface area contributed by atoms with Gasteiger partial charge in [0.1, 0.15) is 0 Å². The first-order valence-electron chi connectivity index (χ1n) is 7.15. The minimum atomic E-state index is -0.594. The average molecular weight is 257 g/mol. The van der Waals surface area contributed by atoms with Gasteiger partial charge in [-0.05, 0) is 43.6 Å². The lowest BCUT2D eigenvalue weighted by Crippen LogP contribution is -2.47. The van der Waals surface area contributed by atoms with Crippen LogP contribution in [0.2, 0.25) is 0 Å². The summed E-state index contributed by atoms with van der Waals surface area (Å²) in [4.78, 5) is 0. The predicted molar refractivity (Wildman–Crippen MR) is 74.6 cm³/mol. The van der Waals surface area contributed by atoms with Crippen LogP contribution in [-0.4, -0.2) is 27.8 Å². The highest BCUT2D eigenvalue weighted by molar-refractivity contribution is 7.85. The molecular weight excluding hydrogens is 230 g/mol. The van der Waals surface area contributed by atoms with Gasteiger partial charge in [0.05, 0.1) is 5.25 Å². The van der Waals surface area contributed by atoms with Crippen molar-refractivity contribution in [2.75, 3.05) is 12.3 Å². The number of hydrogen-bond donors (Lipinski definition) is 1. The SMILES string of the molecule is CCC(C)(C)C1CCC2NCCCS(=O)C2C1. The van der Waals surface area contributed by atoms with Crippen molar-refractivity contribution in [2.45, 2.75) is 64.2 Å². The molecule has 2 rings (SSSR count). The molecule has 0 aromatic rings. The third-order valence-electron chi connectivity index (χ3n) is 5.07. The molecule has 1 saturated heterocycles. The Morgan fingerprint density at radius 1 is 1.35 bits per heavy atom. The summed E-state index contributed by atoms with van der Waals surface area (Å²) in [6.45, 7) is 8.11. The standard InChI is InChI=1S/C14H27NOS/c1-4-14(2,3)11-6-7-12-13(10-11)17(16)9-5-8-15-12/h11-13,15H,4-10H2,1-3H3. The van der Waals surface area contributed by atoms with Crippen molar-refractivity contribution in [1.82, 2.24) is 5.32 Å². The fourth-order valence-corrected chi connectivity index (χ4v) is 5.08. The average Bonchev–Trinajstić information content (AvgIpc) is 2.51. The predicted octanol–water partition coefficient (Wildman–Crippen LogP) is 2.70. The molecule has 2 fully saturated rings. The third-order valence-corrected chi connectivity index (χ3v) is 6.96. The molecule has 0 bridgehead atoms. The Balaban J connectivity index is 2.07. The summed E-state index contributed by atoms with van der Waals surface area (Å²) in [7, 11) is -0.594. The van der Waals surface area contributed by atoms with Crippen LogP contribution in [-0.2, 0) is 10.8 Å². The Morgan fingerprint density at radius 3 is 2.82 bits per heavy atom. The first-order chi connectivity index (χ1) is 8.04. The monoisotopic (exact) mass is 257 g/mol. The Labute approximate surface area is 108 Å². The molecule has 0 radical (unpaired) electrons. The molecule has 100 valence electrons. The number of rotatable bonds is 2. The van der Waals surface area contributed by atoms with Gasteiger partial charge in [-0.1, -0.05) is 27.2 Å². The first kappa shape index (κ1) is 13.5. The van der Waals surface area contributed by atoms with E-state index in [1.807, 2.05) is 0 Å². The molecule has 4 unspecified atom stereocenters. The number of hydrogen-bond acceptors (Lipinski definition) is 2. The quantitative estimate of drug-likeness (QED) is 0.824. The van der Waals surface area contributed by atoms with Gasteiger partial charge >= 0.3 is 0 Å². The molecule has 3 heteroatoms. The molecule has 2 nitrogen and oxygen atoms in total. The van der Waals surface area contributed by atoms with Crippen LogP contribution < -0.4 is 5.32 Å². The molecule has 0 amide bonds. The topological polar surface area (TPSA) is 29.1 Å². The van der Waals surface area contributed by atoms with E-state index >= 15 is 0 Å². The van der Waals surface area contributed by atoms with Gasteiger partial charge in [0.25, 0.3) is 0 Å². The summed E-state index contributed by atoms with van der Waals surface area (Å²) in [6, 6.07) is 0.530. The molecule has 2 aliphatic rings. The Morgan fingerprint density at radius 2 is 2.12 bits per heavy atom. The zero-order valence-corrected chi connectivity index (χ0v) is 12.3. The minimum Gasteiger partial charge on any atom is -0.313 e. The fourth-order valence-electron chi connectivity index (χ4n) is 3.30. The zero-order valence-electron chi connectivity index (χ0n) is 11.5. The van der Waals surface area contributed by atoms with Gasteiger partial charge in [0.2, 0.25) is 0 Å². The van der Waals surface area contributed by atoms with Crippen molar-refractivity contribution in [3.63, 3.8) is 0 Å². The highest BCUT2D eigenvalue weighted by atomic mass is 32.2. The first-order valence-corrected chi connectivity index (χ1v) is 8.53. The van der Waals surface area contributed by atoms with Crippen molar-refractivity contribution < 1.29 is 4.21 Å². The van der Waals surface area contributed by atoms with Crippen LogP contribution in [0.4, 0.5) is 0 Å². The molecule has 0 aromatic heterocycles. The van der Waals surface area contributed by atoms with Gasteiger partial charge in [-0.25, -0.2) is 0 Å². The molecular formula is C14H27NOS. The molecule has 4 atom stereocenters. The van der Waals surface area contributed by atoms with Crippen molar-refractivity contribution >= 4 is 10.8 Å². The van der Waals surface area contributed by atoms with E-state index < -0.39 is 10.8 Å². The molecule has 1 heterocycles. The van der Waals surface area contributed by atoms with Crippen molar-refractivity contribution in [1.29, 1.82) is 0 Å². The van der Waals surface area contributed by atoms with E-state index in [9.17, 15) is 4.21 Å². The van der Waals surface area contributed by atoms with Gasteiger partial charge in [-0.2, -0.15) is 0 Å². The second-order valence-electron chi connectivity index (χ2n) is 6.39. The summed E-state index contributed by atoms with van der Waals surface area (Å²) in [5.74, 6) is 1.67. The van der Waals surface area contributed by atoms with Crippen LogP contribution in [0.5, 0.6) is 0 Å². The molecule has 1 aliphatic heterocycles. The van der Waals surface area contributed by atoms with E-state index in [1.165, 1.54) is 25.7 Å². The van der Waals surface area contributed by atoms with E-state index in [2.05, 4.69) is 26.1 Å². The second-order valence-corrected chi connectivity index (χ2v) is 8.16. The van der Waals surface area contributed by atoms with Crippen LogP contribution in [0, 0.1) is 11.3 Å². The van der Waals surface area contributed by atoms with Gasteiger partial charge in [-0.15, -0.1) is 0 Å². The van der Waals surface area contributed by atoms with E-state index in [0.717, 1.165) is 24.6 Å².